The maximum absolute atomic E-state index is 12.5. The average molecular weight is 477 g/mol. The first-order chi connectivity index (χ1) is 14.7. The quantitative estimate of drug-likeness (QED) is 0.544. The molecule has 0 amide bonds. The molecule has 0 spiro atoms. The van der Waals surface area contributed by atoms with Gasteiger partial charge in [0.2, 0.25) is 0 Å². The molecule has 32 heavy (non-hydrogen) atoms. The minimum atomic E-state index is 0. The summed E-state index contributed by atoms with van der Waals surface area (Å²) < 4.78 is 0. The lowest BCUT2D eigenvalue weighted by Crippen LogP contribution is -2.38. The number of fused-ring (bicyclic) bond motifs is 1. The first-order valence-electron chi connectivity index (χ1n) is 11.7. The summed E-state index contributed by atoms with van der Waals surface area (Å²) in [5, 5.41) is 12.2. The number of piperidine rings is 1. The van der Waals surface area contributed by atoms with Crippen molar-refractivity contribution in [3.63, 3.8) is 0 Å². The molecule has 1 aromatic carbocycles. The molecule has 4 rings (SSSR count). The minimum absolute atomic E-state index is 0. The van der Waals surface area contributed by atoms with Crippen molar-refractivity contribution in [2.75, 3.05) is 24.6 Å². The van der Waals surface area contributed by atoms with Crippen LogP contribution in [-0.4, -0.2) is 35.6 Å². The standard InChI is InChI=1S/C26H36N2O2S.ClH/c1-25(2)11-12-26(3,4)21-15-18(9-10-20(21)25)22-17-31-24(27-22)28-13-5-7-19(16-28)23(30)8-6-14-29;/h9-10,15,17,19,29H,5-8,11-14,16H2,1-4H3;1H. The molecule has 1 atom stereocenters. The zero-order chi connectivity index (χ0) is 22.2. The molecule has 2 heterocycles. The molecular weight excluding hydrogens is 440 g/mol. The summed E-state index contributed by atoms with van der Waals surface area (Å²) in [6, 6.07) is 6.92. The lowest BCUT2D eigenvalue weighted by molar-refractivity contribution is -0.123. The van der Waals surface area contributed by atoms with Crippen LogP contribution in [-0.2, 0) is 15.6 Å². The molecule has 1 aliphatic heterocycles. The summed E-state index contributed by atoms with van der Waals surface area (Å²) in [4.78, 5) is 19.7. The molecule has 1 unspecified atom stereocenters. The van der Waals surface area contributed by atoms with Crippen LogP contribution < -0.4 is 4.90 Å². The third-order valence-electron chi connectivity index (χ3n) is 7.37. The SMILES string of the molecule is CC1(C)CCC(C)(C)c2cc(-c3csc(N4CCCC(C(=O)CCCO)C4)n3)ccc21.Cl. The van der Waals surface area contributed by atoms with Crippen molar-refractivity contribution in [3.8, 4) is 11.3 Å². The van der Waals surface area contributed by atoms with Gasteiger partial charge in [-0.2, -0.15) is 0 Å². The molecule has 1 saturated heterocycles. The molecule has 2 aromatic rings. The second kappa shape index (κ2) is 9.82. The molecule has 0 saturated carbocycles. The largest absolute Gasteiger partial charge is 0.396 e. The lowest BCUT2D eigenvalue weighted by atomic mass is 9.63. The van der Waals surface area contributed by atoms with Crippen LogP contribution in [0.4, 0.5) is 5.13 Å². The Morgan fingerprint density at radius 1 is 1.19 bits per heavy atom. The number of Topliss-reactive ketones (excluding diaryl/α,β-unsaturated/α-hetero) is 1. The van der Waals surface area contributed by atoms with Crippen LogP contribution in [0.2, 0.25) is 0 Å². The number of ketones is 1. The van der Waals surface area contributed by atoms with Gasteiger partial charge < -0.3 is 10.0 Å². The monoisotopic (exact) mass is 476 g/mol. The molecule has 1 fully saturated rings. The summed E-state index contributed by atoms with van der Waals surface area (Å²) in [5.74, 6) is 0.356. The number of hydrogen-bond acceptors (Lipinski definition) is 5. The molecule has 4 nitrogen and oxygen atoms in total. The number of aromatic nitrogens is 1. The number of anilines is 1. The first-order valence-corrected chi connectivity index (χ1v) is 12.6. The highest BCUT2D eigenvalue weighted by molar-refractivity contribution is 7.14. The third-order valence-corrected chi connectivity index (χ3v) is 8.27. The predicted octanol–water partition coefficient (Wildman–Crippen LogP) is 6.14. The van der Waals surface area contributed by atoms with Crippen LogP contribution in [0.15, 0.2) is 23.6 Å². The molecule has 1 aliphatic carbocycles. The van der Waals surface area contributed by atoms with Crippen LogP contribution in [0.5, 0.6) is 0 Å². The lowest BCUT2D eigenvalue weighted by Gasteiger charge is -2.42. The molecular formula is C26H37ClN2O2S. The summed E-state index contributed by atoms with van der Waals surface area (Å²) in [6.45, 7) is 11.2. The van der Waals surface area contributed by atoms with E-state index in [1.165, 1.54) is 29.5 Å². The number of thiazole rings is 1. The molecule has 6 heteroatoms. The number of rotatable bonds is 6. The highest BCUT2D eigenvalue weighted by Gasteiger charge is 2.37. The van der Waals surface area contributed by atoms with Crippen molar-refractivity contribution in [1.82, 2.24) is 4.98 Å². The molecule has 0 radical (unpaired) electrons. The van der Waals surface area contributed by atoms with E-state index in [0.717, 1.165) is 36.8 Å². The Balaban J connectivity index is 0.00000289. The fourth-order valence-corrected chi connectivity index (χ4v) is 6.03. The van der Waals surface area contributed by atoms with Gasteiger partial charge in [-0.1, -0.05) is 39.8 Å². The summed E-state index contributed by atoms with van der Waals surface area (Å²) in [6.07, 6.45) is 5.46. The van der Waals surface area contributed by atoms with Gasteiger partial charge in [-0.3, -0.25) is 4.79 Å². The minimum Gasteiger partial charge on any atom is -0.396 e. The summed E-state index contributed by atoms with van der Waals surface area (Å²) >= 11 is 1.68. The smallest absolute Gasteiger partial charge is 0.185 e. The van der Waals surface area contributed by atoms with Crippen LogP contribution in [0.3, 0.4) is 0 Å². The van der Waals surface area contributed by atoms with Gasteiger partial charge >= 0.3 is 0 Å². The molecule has 1 N–H and O–H groups in total. The van der Waals surface area contributed by atoms with Crippen LogP contribution in [0.25, 0.3) is 11.3 Å². The number of nitrogens with zero attached hydrogens (tertiary/aromatic N) is 2. The number of carbonyl (C=O) groups excluding carboxylic acids is 1. The van der Waals surface area contributed by atoms with E-state index >= 15 is 0 Å². The summed E-state index contributed by atoms with van der Waals surface area (Å²) in [7, 11) is 0. The highest BCUT2D eigenvalue weighted by Crippen LogP contribution is 2.47. The Hall–Kier alpha value is -1.43. The van der Waals surface area contributed by atoms with Crippen molar-refractivity contribution in [3.05, 3.63) is 34.7 Å². The Morgan fingerprint density at radius 2 is 1.91 bits per heavy atom. The zero-order valence-electron chi connectivity index (χ0n) is 19.8. The second-order valence-electron chi connectivity index (χ2n) is 10.6. The van der Waals surface area contributed by atoms with Crippen molar-refractivity contribution in [2.24, 2.45) is 5.92 Å². The normalized spacial score (nSPS) is 21.5. The van der Waals surface area contributed by atoms with Gasteiger partial charge in [0.25, 0.3) is 0 Å². The Morgan fingerprint density at radius 3 is 2.62 bits per heavy atom. The Kier molecular flexibility index (Phi) is 7.73. The van der Waals surface area contributed by atoms with Gasteiger partial charge in [-0.15, -0.1) is 23.7 Å². The van der Waals surface area contributed by atoms with E-state index in [1.54, 1.807) is 11.3 Å². The van der Waals surface area contributed by atoms with Crippen LogP contribution >= 0.6 is 23.7 Å². The number of aliphatic hydroxyl groups excluding tert-OH is 1. The number of carbonyl (C=O) groups is 1. The molecule has 176 valence electrons. The molecule has 2 aliphatic rings. The fraction of sp³-hybridized carbons (Fsp3) is 0.615. The van der Waals surface area contributed by atoms with E-state index in [4.69, 9.17) is 10.1 Å². The van der Waals surface area contributed by atoms with Gasteiger partial charge in [-0.25, -0.2) is 4.98 Å². The first kappa shape index (κ1) is 25.2. The van der Waals surface area contributed by atoms with E-state index in [1.807, 2.05) is 0 Å². The number of aliphatic hydroxyl groups is 1. The van der Waals surface area contributed by atoms with E-state index in [2.05, 4.69) is 56.2 Å². The van der Waals surface area contributed by atoms with Gasteiger partial charge in [0.1, 0.15) is 5.78 Å². The maximum Gasteiger partial charge on any atom is 0.185 e. The average Bonchev–Trinajstić information content (AvgIpc) is 3.25. The van der Waals surface area contributed by atoms with E-state index in [0.29, 0.717) is 12.8 Å². The Labute approximate surface area is 202 Å². The Bertz CT molecular complexity index is 953. The van der Waals surface area contributed by atoms with E-state index in [-0.39, 0.29) is 41.5 Å². The van der Waals surface area contributed by atoms with E-state index in [9.17, 15) is 4.79 Å². The van der Waals surface area contributed by atoms with Crippen molar-refractivity contribution < 1.29 is 9.90 Å². The van der Waals surface area contributed by atoms with Crippen LogP contribution in [0, 0.1) is 5.92 Å². The number of hydrogen-bond donors (Lipinski definition) is 1. The predicted molar refractivity (Wildman–Crippen MR) is 136 cm³/mol. The summed E-state index contributed by atoms with van der Waals surface area (Å²) in [5.41, 5.74) is 5.58. The highest BCUT2D eigenvalue weighted by atomic mass is 35.5. The third kappa shape index (κ3) is 5.05. The fourth-order valence-electron chi connectivity index (χ4n) is 5.16. The van der Waals surface area contributed by atoms with E-state index < -0.39 is 0 Å². The number of benzene rings is 1. The van der Waals surface area contributed by atoms with Gasteiger partial charge in [0, 0.05) is 43.0 Å². The molecule has 1 aromatic heterocycles. The van der Waals surface area contributed by atoms with Gasteiger partial charge in [0.15, 0.2) is 5.13 Å². The van der Waals surface area contributed by atoms with Gasteiger partial charge in [-0.05, 0) is 60.1 Å². The maximum atomic E-state index is 12.5. The van der Waals surface area contributed by atoms with Gasteiger partial charge in [0.05, 0.1) is 5.69 Å². The van der Waals surface area contributed by atoms with Crippen LogP contribution in [0.1, 0.15) is 77.3 Å². The second-order valence-corrected chi connectivity index (χ2v) is 11.5. The zero-order valence-corrected chi connectivity index (χ0v) is 21.5. The van der Waals surface area contributed by atoms with Crippen molar-refractivity contribution >= 4 is 34.7 Å². The topological polar surface area (TPSA) is 53.4 Å². The van der Waals surface area contributed by atoms with Crippen molar-refractivity contribution in [1.29, 1.82) is 0 Å². The number of halogens is 1. The molecule has 0 bridgehead atoms. The van der Waals surface area contributed by atoms with Crippen molar-refractivity contribution in [2.45, 2.75) is 77.0 Å².